The average Bonchev–Trinajstić information content (AvgIpc) is 3.13. The molecule has 1 aromatic carbocycles. The number of benzene rings is 1. The van der Waals surface area contributed by atoms with E-state index in [1.165, 1.54) is 11.3 Å². The lowest BCUT2D eigenvalue weighted by atomic mass is 10.3. The Labute approximate surface area is 119 Å². The van der Waals surface area contributed by atoms with Gasteiger partial charge in [0, 0.05) is 11.4 Å². The van der Waals surface area contributed by atoms with Crippen LogP contribution in [-0.4, -0.2) is 30.8 Å². The molecule has 1 aromatic heterocycles. The lowest BCUT2D eigenvalue weighted by Crippen LogP contribution is -2.28. The first-order valence-corrected chi connectivity index (χ1v) is 6.96. The molecule has 3 rings (SSSR count). The minimum atomic E-state index is -0.194. The van der Waals surface area contributed by atoms with Crippen molar-refractivity contribution in [3.8, 4) is 17.2 Å². The second-order valence-corrected chi connectivity index (χ2v) is 4.71. The van der Waals surface area contributed by atoms with Crippen LogP contribution < -0.4 is 19.5 Å². The fraction of sp³-hybridized carbons (Fsp3) is 0.231. The second kappa shape index (κ2) is 5.79. The zero-order valence-electron chi connectivity index (χ0n) is 10.5. The highest BCUT2D eigenvalue weighted by Gasteiger charge is 2.13. The summed E-state index contributed by atoms with van der Waals surface area (Å²) in [5.41, 5.74) is 2.05. The molecule has 20 heavy (non-hydrogen) atoms. The Bertz CT molecular complexity index is 600. The number of thiazole rings is 1. The maximum atomic E-state index is 11.6. The van der Waals surface area contributed by atoms with Crippen molar-refractivity contribution in [1.82, 2.24) is 10.3 Å². The normalized spacial score (nSPS) is 12.2. The number of rotatable bonds is 5. The summed E-state index contributed by atoms with van der Waals surface area (Å²) in [6.45, 7) is 1.02. The zero-order valence-corrected chi connectivity index (χ0v) is 11.3. The van der Waals surface area contributed by atoms with Crippen LogP contribution in [0.1, 0.15) is 10.5 Å². The van der Waals surface area contributed by atoms with Crippen molar-refractivity contribution in [2.75, 3.05) is 19.9 Å². The number of hydrogen-bond donors (Lipinski definition) is 1. The van der Waals surface area contributed by atoms with Gasteiger partial charge >= 0.3 is 0 Å². The van der Waals surface area contributed by atoms with Crippen molar-refractivity contribution in [2.24, 2.45) is 0 Å². The van der Waals surface area contributed by atoms with Crippen LogP contribution >= 0.6 is 11.3 Å². The van der Waals surface area contributed by atoms with Crippen LogP contribution in [0.4, 0.5) is 0 Å². The molecule has 6 nitrogen and oxygen atoms in total. The van der Waals surface area contributed by atoms with E-state index in [9.17, 15) is 4.79 Å². The molecule has 0 bridgehead atoms. The maximum Gasteiger partial charge on any atom is 0.270 e. The molecule has 0 fully saturated rings. The molecule has 1 N–H and O–H groups in total. The van der Waals surface area contributed by atoms with Crippen LogP contribution in [0, 0.1) is 0 Å². The van der Waals surface area contributed by atoms with Gasteiger partial charge in [-0.15, -0.1) is 11.3 Å². The molecule has 0 saturated carbocycles. The van der Waals surface area contributed by atoms with E-state index in [0.29, 0.717) is 36.1 Å². The van der Waals surface area contributed by atoms with Gasteiger partial charge in [0.25, 0.3) is 5.91 Å². The van der Waals surface area contributed by atoms with Gasteiger partial charge in [-0.1, -0.05) is 0 Å². The van der Waals surface area contributed by atoms with Crippen LogP contribution in [0.2, 0.25) is 0 Å². The van der Waals surface area contributed by atoms with Crippen LogP contribution in [-0.2, 0) is 0 Å². The second-order valence-electron chi connectivity index (χ2n) is 3.99. The Morgan fingerprint density at radius 1 is 1.40 bits per heavy atom. The molecule has 104 valence electrons. The number of nitrogens with one attached hydrogen (secondary N) is 1. The third kappa shape index (κ3) is 2.83. The Morgan fingerprint density at radius 3 is 3.15 bits per heavy atom. The van der Waals surface area contributed by atoms with E-state index in [2.05, 4.69) is 10.3 Å². The summed E-state index contributed by atoms with van der Waals surface area (Å²) in [5.74, 6) is 1.88. The molecule has 0 radical (unpaired) electrons. The molecule has 0 saturated heterocycles. The predicted molar refractivity (Wildman–Crippen MR) is 72.5 cm³/mol. The van der Waals surface area contributed by atoms with Crippen molar-refractivity contribution < 1.29 is 19.0 Å². The molecule has 2 aromatic rings. The van der Waals surface area contributed by atoms with Crippen molar-refractivity contribution in [3.63, 3.8) is 0 Å². The predicted octanol–water partition coefficient (Wildman–Crippen LogP) is 1.68. The van der Waals surface area contributed by atoms with Crippen LogP contribution in [0.15, 0.2) is 29.1 Å². The highest BCUT2D eigenvalue weighted by molar-refractivity contribution is 7.07. The van der Waals surface area contributed by atoms with Gasteiger partial charge in [-0.05, 0) is 12.1 Å². The maximum absolute atomic E-state index is 11.6. The Hall–Kier alpha value is -2.28. The average molecular weight is 292 g/mol. The molecular formula is C13H12N2O4S. The van der Waals surface area contributed by atoms with Gasteiger partial charge in [0.15, 0.2) is 11.5 Å². The van der Waals surface area contributed by atoms with Crippen LogP contribution in [0.5, 0.6) is 17.2 Å². The summed E-state index contributed by atoms with van der Waals surface area (Å²) in [6.07, 6.45) is 0. The molecule has 0 spiro atoms. The fourth-order valence-corrected chi connectivity index (χ4v) is 2.25. The van der Waals surface area contributed by atoms with E-state index in [0.717, 1.165) is 0 Å². The quantitative estimate of drug-likeness (QED) is 0.849. The van der Waals surface area contributed by atoms with E-state index < -0.39 is 0 Å². The van der Waals surface area contributed by atoms with Crippen LogP contribution in [0.3, 0.4) is 0 Å². The number of nitrogens with zero attached hydrogens (tertiary/aromatic N) is 1. The van der Waals surface area contributed by atoms with Crippen molar-refractivity contribution in [3.05, 3.63) is 34.8 Å². The standard InChI is InChI=1S/C13H12N2O4S/c16-13(10-6-20-7-15-10)14-3-4-17-9-1-2-11-12(5-9)19-8-18-11/h1-2,5-7H,3-4,8H2,(H,14,16). The van der Waals surface area contributed by atoms with E-state index in [1.54, 1.807) is 29.1 Å². The molecule has 1 aliphatic heterocycles. The molecular weight excluding hydrogens is 280 g/mol. The highest BCUT2D eigenvalue weighted by atomic mass is 32.1. The largest absolute Gasteiger partial charge is 0.492 e. The molecule has 1 amide bonds. The van der Waals surface area contributed by atoms with Crippen LogP contribution in [0.25, 0.3) is 0 Å². The van der Waals surface area contributed by atoms with Gasteiger partial charge in [-0.2, -0.15) is 0 Å². The van der Waals surface area contributed by atoms with Crippen molar-refractivity contribution in [1.29, 1.82) is 0 Å². The number of hydrogen-bond acceptors (Lipinski definition) is 6. The molecule has 0 atom stereocenters. The summed E-state index contributed by atoms with van der Waals surface area (Å²) in [4.78, 5) is 15.5. The lowest BCUT2D eigenvalue weighted by molar-refractivity contribution is 0.0942. The fourth-order valence-electron chi connectivity index (χ4n) is 1.72. The van der Waals surface area contributed by atoms with E-state index in [4.69, 9.17) is 14.2 Å². The number of fused-ring (bicyclic) bond motifs is 1. The Balaban J connectivity index is 1.45. The van der Waals surface area contributed by atoms with Gasteiger partial charge in [0.05, 0.1) is 12.1 Å². The molecule has 7 heteroatoms. The summed E-state index contributed by atoms with van der Waals surface area (Å²) in [7, 11) is 0. The van der Waals surface area contributed by atoms with Gasteiger partial charge in [-0.25, -0.2) is 4.98 Å². The van der Waals surface area contributed by atoms with E-state index in [1.807, 2.05) is 0 Å². The third-order valence-electron chi connectivity index (χ3n) is 2.67. The summed E-state index contributed by atoms with van der Waals surface area (Å²) in [6, 6.07) is 5.37. The topological polar surface area (TPSA) is 69.7 Å². The first-order valence-electron chi connectivity index (χ1n) is 6.02. The van der Waals surface area contributed by atoms with E-state index in [-0.39, 0.29) is 12.7 Å². The third-order valence-corrected chi connectivity index (χ3v) is 3.25. The minimum absolute atomic E-state index is 0.194. The minimum Gasteiger partial charge on any atom is -0.492 e. The molecule has 1 aliphatic rings. The smallest absolute Gasteiger partial charge is 0.270 e. The Morgan fingerprint density at radius 2 is 2.30 bits per heavy atom. The van der Waals surface area contributed by atoms with Crippen molar-refractivity contribution in [2.45, 2.75) is 0 Å². The molecule has 2 heterocycles. The first kappa shape index (κ1) is 12.7. The SMILES string of the molecule is O=C(NCCOc1ccc2c(c1)OCO2)c1cscn1. The summed E-state index contributed by atoms with van der Waals surface area (Å²) in [5, 5.41) is 4.43. The molecule has 0 aliphatic carbocycles. The lowest BCUT2D eigenvalue weighted by Gasteiger charge is -2.07. The van der Waals surface area contributed by atoms with E-state index >= 15 is 0 Å². The summed E-state index contributed by atoms with van der Waals surface area (Å²) >= 11 is 1.39. The summed E-state index contributed by atoms with van der Waals surface area (Å²) < 4.78 is 16.0. The van der Waals surface area contributed by atoms with Gasteiger partial charge < -0.3 is 19.5 Å². The first-order chi connectivity index (χ1) is 9.83. The number of amides is 1. The zero-order chi connectivity index (χ0) is 13.8. The number of carbonyl (C=O) groups excluding carboxylic acids is 1. The number of ether oxygens (including phenoxy) is 3. The van der Waals surface area contributed by atoms with Gasteiger partial charge in [0.2, 0.25) is 6.79 Å². The van der Waals surface area contributed by atoms with Gasteiger partial charge in [0.1, 0.15) is 18.1 Å². The number of carbonyl (C=O) groups is 1. The number of aromatic nitrogens is 1. The highest BCUT2D eigenvalue weighted by Crippen LogP contribution is 2.34. The molecule has 0 unspecified atom stereocenters. The monoisotopic (exact) mass is 292 g/mol. The van der Waals surface area contributed by atoms with Crippen molar-refractivity contribution >= 4 is 17.2 Å². The van der Waals surface area contributed by atoms with Gasteiger partial charge in [-0.3, -0.25) is 4.79 Å². The Kier molecular flexibility index (Phi) is 3.69.